The lowest BCUT2D eigenvalue weighted by Crippen LogP contribution is -2.37. The van der Waals surface area contributed by atoms with E-state index in [9.17, 15) is 9.59 Å². The summed E-state index contributed by atoms with van der Waals surface area (Å²) in [5.41, 5.74) is 3.83. The molecule has 6 rings (SSSR count). The van der Waals surface area contributed by atoms with Crippen LogP contribution in [0.15, 0.2) is 66.9 Å². The third-order valence-electron chi connectivity index (χ3n) is 6.92. The van der Waals surface area contributed by atoms with Crippen LogP contribution in [0.3, 0.4) is 0 Å². The predicted molar refractivity (Wildman–Crippen MR) is 133 cm³/mol. The molecule has 2 amide bonds. The fraction of sp³-hybridized carbons (Fsp3) is 0.286. The normalized spacial score (nSPS) is 15.1. The summed E-state index contributed by atoms with van der Waals surface area (Å²) in [6, 6.07) is 19.5. The minimum atomic E-state index is -0.221. The fourth-order valence-corrected chi connectivity index (χ4v) is 4.80. The third kappa shape index (κ3) is 4.41. The molecule has 0 unspecified atom stereocenters. The number of nitrogens with one attached hydrogen (secondary N) is 1. The van der Waals surface area contributed by atoms with E-state index in [2.05, 4.69) is 10.3 Å². The van der Waals surface area contributed by atoms with Crippen molar-refractivity contribution >= 4 is 22.6 Å². The number of hydrogen-bond donors (Lipinski definition) is 1. The largest absolute Gasteiger partial charge is 0.345 e. The van der Waals surface area contributed by atoms with Crippen molar-refractivity contribution in [1.82, 2.24) is 25.0 Å². The molecule has 2 aliphatic rings. The first-order valence-corrected chi connectivity index (χ1v) is 12.2. The molecule has 2 aromatic carbocycles. The van der Waals surface area contributed by atoms with Gasteiger partial charge in [0.15, 0.2) is 5.69 Å². The number of carbonyl (C=O) groups excluding carboxylic acids is 2. The van der Waals surface area contributed by atoms with Gasteiger partial charge in [-0.3, -0.25) is 19.3 Å². The summed E-state index contributed by atoms with van der Waals surface area (Å²) in [5, 5.41) is 9.85. The molecule has 0 bridgehead atoms. The molecule has 0 saturated heterocycles. The topological polar surface area (TPSA) is 80.1 Å². The summed E-state index contributed by atoms with van der Waals surface area (Å²) < 4.78 is 2.01. The molecule has 4 aromatic rings. The molecule has 35 heavy (non-hydrogen) atoms. The van der Waals surface area contributed by atoms with E-state index in [1.807, 2.05) is 70.2 Å². The summed E-state index contributed by atoms with van der Waals surface area (Å²) in [6.45, 7) is 2.18. The van der Waals surface area contributed by atoms with E-state index < -0.39 is 0 Å². The maximum Gasteiger partial charge on any atom is 0.272 e. The molecule has 1 aliphatic heterocycles. The van der Waals surface area contributed by atoms with E-state index >= 15 is 0 Å². The van der Waals surface area contributed by atoms with Crippen LogP contribution in [0.25, 0.3) is 10.8 Å². The summed E-state index contributed by atoms with van der Waals surface area (Å²) in [5.74, 6) is 0.401. The first-order valence-electron chi connectivity index (χ1n) is 12.2. The molecular weight excluding hydrogens is 438 g/mol. The molecule has 7 heteroatoms. The number of fused-ring (bicyclic) bond motifs is 2. The SMILES string of the molecule is O=C(NCc1ccccn1)c1nn(CC2CC2)c2c1CN(C(=O)c1ccc3ccccc3c1)CC2. The molecule has 176 valence electrons. The monoisotopic (exact) mass is 465 g/mol. The van der Waals surface area contributed by atoms with Gasteiger partial charge in [0, 0.05) is 42.5 Å². The van der Waals surface area contributed by atoms with Crippen molar-refractivity contribution < 1.29 is 9.59 Å². The second kappa shape index (κ2) is 8.98. The number of hydrogen-bond acceptors (Lipinski definition) is 4. The Morgan fingerprint density at radius 1 is 1.00 bits per heavy atom. The predicted octanol–water partition coefficient (Wildman–Crippen LogP) is 3.97. The summed E-state index contributed by atoms with van der Waals surface area (Å²) in [7, 11) is 0. The minimum Gasteiger partial charge on any atom is -0.345 e. The van der Waals surface area contributed by atoms with E-state index in [1.54, 1.807) is 6.20 Å². The lowest BCUT2D eigenvalue weighted by molar-refractivity contribution is 0.0730. The molecule has 1 aliphatic carbocycles. The Morgan fingerprint density at radius 2 is 1.83 bits per heavy atom. The number of amides is 2. The van der Waals surface area contributed by atoms with E-state index in [1.165, 1.54) is 12.8 Å². The maximum atomic E-state index is 13.4. The molecule has 1 N–H and O–H groups in total. The lowest BCUT2D eigenvalue weighted by Gasteiger charge is -2.28. The van der Waals surface area contributed by atoms with Crippen LogP contribution < -0.4 is 5.32 Å². The molecule has 0 spiro atoms. The highest BCUT2D eigenvalue weighted by atomic mass is 16.2. The van der Waals surface area contributed by atoms with E-state index in [0.29, 0.717) is 43.2 Å². The van der Waals surface area contributed by atoms with Crippen molar-refractivity contribution in [3.8, 4) is 0 Å². The zero-order valence-electron chi connectivity index (χ0n) is 19.5. The Labute approximate surface area is 203 Å². The van der Waals surface area contributed by atoms with Gasteiger partial charge in [0.25, 0.3) is 11.8 Å². The van der Waals surface area contributed by atoms with Crippen molar-refractivity contribution in [2.24, 2.45) is 5.92 Å². The average molecular weight is 466 g/mol. The molecule has 0 atom stereocenters. The van der Waals surface area contributed by atoms with E-state index in [0.717, 1.165) is 34.3 Å². The van der Waals surface area contributed by atoms with Gasteiger partial charge in [-0.1, -0.05) is 36.4 Å². The van der Waals surface area contributed by atoms with Gasteiger partial charge in [-0.05, 0) is 53.8 Å². The summed E-state index contributed by atoms with van der Waals surface area (Å²) >= 11 is 0. The maximum absolute atomic E-state index is 13.4. The molecule has 1 saturated carbocycles. The van der Waals surface area contributed by atoms with Crippen LogP contribution in [0.2, 0.25) is 0 Å². The van der Waals surface area contributed by atoms with Crippen LogP contribution in [-0.4, -0.2) is 38.0 Å². The van der Waals surface area contributed by atoms with Gasteiger partial charge in [0.1, 0.15) is 0 Å². The highest BCUT2D eigenvalue weighted by molar-refractivity contribution is 5.99. The second-order valence-electron chi connectivity index (χ2n) is 9.44. The van der Waals surface area contributed by atoms with Crippen molar-refractivity contribution in [1.29, 1.82) is 0 Å². The minimum absolute atomic E-state index is 0.0174. The zero-order chi connectivity index (χ0) is 23.8. The average Bonchev–Trinajstić information content (AvgIpc) is 3.66. The van der Waals surface area contributed by atoms with Crippen LogP contribution in [0.5, 0.6) is 0 Å². The van der Waals surface area contributed by atoms with Crippen molar-refractivity contribution in [3.63, 3.8) is 0 Å². The van der Waals surface area contributed by atoms with Gasteiger partial charge in [-0.2, -0.15) is 5.10 Å². The zero-order valence-corrected chi connectivity index (χ0v) is 19.5. The van der Waals surface area contributed by atoms with E-state index in [-0.39, 0.29) is 11.8 Å². The number of aromatic nitrogens is 3. The number of carbonyl (C=O) groups is 2. The highest BCUT2D eigenvalue weighted by Crippen LogP contribution is 2.33. The van der Waals surface area contributed by atoms with Crippen LogP contribution in [-0.2, 0) is 26.1 Å². The van der Waals surface area contributed by atoms with Crippen molar-refractivity contribution in [3.05, 3.63) is 95.1 Å². The lowest BCUT2D eigenvalue weighted by atomic mass is 10.0. The van der Waals surface area contributed by atoms with Crippen LogP contribution in [0, 0.1) is 5.92 Å². The quantitative estimate of drug-likeness (QED) is 0.467. The van der Waals surface area contributed by atoms with E-state index in [4.69, 9.17) is 5.10 Å². The number of benzene rings is 2. The van der Waals surface area contributed by atoms with Gasteiger partial charge in [-0.25, -0.2) is 0 Å². The molecule has 7 nitrogen and oxygen atoms in total. The van der Waals surface area contributed by atoms with Crippen LogP contribution in [0.1, 0.15) is 50.6 Å². The Kier molecular flexibility index (Phi) is 5.52. The number of pyridine rings is 1. The summed E-state index contributed by atoms with van der Waals surface area (Å²) in [4.78, 5) is 32.7. The Bertz CT molecular complexity index is 1410. The van der Waals surface area contributed by atoms with Gasteiger partial charge < -0.3 is 10.2 Å². The molecule has 1 fully saturated rings. The number of rotatable bonds is 6. The Balaban J connectivity index is 1.26. The van der Waals surface area contributed by atoms with Gasteiger partial charge >= 0.3 is 0 Å². The van der Waals surface area contributed by atoms with Gasteiger partial charge in [0.05, 0.1) is 18.8 Å². The van der Waals surface area contributed by atoms with Crippen LogP contribution >= 0.6 is 0 Å². The molecule has 2 aromatic heterocycles. The van der Waals surface area contributed by atoms with Gasteiger partial charge in [-0.15, -0.1) is 0 Å². The summed E-state index contributed by atoms with van der Waals surface area (Å²) in [6.07, 6.45) is 4.83. The molecule has 0 radical (unpaired) electrons. The highest BCUT2D eigenvalue weighted by Gasteiger charge is 2.32. The van der Waals surface area contributed by atoms with Crippen molar-refractivity contribution in [2.45, 2.75) is 38.9 Å². The Morgan fingerprint density at radius 3 is 2.63 bits per heavy atom. The third-order valence-corrected chi connectivity index (χ3v) is 6.92. The Hall–Kier alpha value is -4.00. The van der Waals surface area contributed by atoms with Gasteiger partial charge in [0.2, 0.25) is 0 Å². The van der Waals surface area contributed by atoms with Crippen molar-refractivity contribution in [2.75, 3.05) is 6.54 Å². The fourth-order valence-electron chi connectivity index (χ4n) is 4.80. The first kappa shape index (κ1) is 21.5. The molecule has 3 heterocycles. The van der Waals surface area contributed by atoms with Crippen LogP contribution in [0.4, 0.5) is 0 Å². The standard InChI is InChI=1S/C28H27N5O2/c34-27(30-16-23-7-3-4-13-29-23)26-24-18-32(14-12-25(24)33(31-26)17-19-8-9-19)28(35)22-11-10-20-5-1-2-6-21(20)15-22/h1-7,10-11,13,15,19H,8-9,12,14,16-18H2,(H,30,34). The smallest absolute Gasteiger partial charge is 0.272 e. The number of nitrogens with zero attached hydrogens (tertiary/aromatic N) is 4. The molecular formula is C28H27N5O2. The second-order valence-corrected chi connectivity index (χ2v) is 9.44. The first-order chi connectivity index (χ1) is 17.2.